The van der Waals surface area contributed by atoms with Crippen LogP contribution in [-0.2, 0) is 12.8 Å². The molecule has 0 unspecified atom stereocenters. The molecule has 126 valence electrons. The Hall–Kier alpha value is -2.62. The number of aryl methyl sites for hydroxylation is 2. The summed E-state index contributed by atoms with van der Waals surface area (Å²) in [7, 11) is 0. The standard InChI is InChI=1S/C20H22O4/c21-19(22)17-13-7-5-11-15(17)9-3-1-2-4-10-16-12-6-8-14-18(16)20(23)24/h5-8,11-14H,1-4,9-10H2,(H,21,22)(H,23,24). The number of carboxylic acids is 2. The van der Waals surface area contributed by atoms with Crippen LogP contribution >= 0.6 is 0 Å². The highest BCUT2D eigenvalue weighted by atomic mass is 16.4. The molecule has 0 amide bonds. The van der Waals surface area contributed by atoms with Crippen molar-refractivity contribution in [3.8, 4) is 0 Å². The summed E-state index contributed by atoms with van der Waals surface area (Å²) in [6.45, 7) is 0. The topological polar surface area (TPSA) is 74.6 Å². The highest BCUT2D eigenvalue weighted by Crippen LogP contribution is 2.16. The van der Waals surface area contributed by atoms with E-state index in [0.717, 1.165) is 49.7 Å². The Kier molecular flexibility index (Phi) is 6.55. The van der Waals surface area contributed by atoms with E-state index in [1.807, 2.05) is 24.3 Å². The average molecular weight is 326 g/mol. The van der Waals surface area contributed by atoms with Crippen molar-refractivity contribution in [3.63, 3.8) is 0 Å². The number of hydrogen-bond acceptors (Lipinski definition) is 2. The molecule has 2 N–H and O–H groups in total. The number of hydrogen-bond donors (Lipinski definition) is 2. The number of benzene rings is 2. The first kappa shape index (κ1) is 17.7. The van der Waals surface area contributed by atoms with Gasteiger partial charge in [-0.2, -0.15) is 0 Å². The first-order valence-corrected chi connectivity index (χ1v) is 8.22. The second-order valence-corrected chi connectivity index (χ2v) is 5.84. The lowest BCUT2D eigenvalue weighted by Crippen LogP contribution is -2.03. The summed E-state index contributed by atoms with van der Waals surface area (Å²) >= 11 is 0. The third-order valence-electron chi connectivity index (χ3n) is 4.14. The molecule has 0 aliphatic heterocycles. The Balaban J connectivity index is 1.75. The normalized spacial score (nSPS) is 10.5. The van der Waals surface area contributed by atoms with E-state index in [4.69, 9.17) is 10.2 Å². The van der Waals surface area contributed by atoms with E-state index in [1.165, 1.54) is 0 Å². The molecular weight excluding hydrogens is 304 g/mol. The van der Waals surface area contributed by atoms with Crippen LogP contribution in [0.4, 0.5) is 0 Å². The summed E-state index contributed by atoms with van der Waals surface area (Å²) < 4.78 is 0. The molecule has 4 nitrogen and oxygen atoms in total. The van der Waals surface area contributed by atoms with Gasteiger partial charge in [0.1, 0.15) is 0 Å². The van der Waals surface area contributed by atoms with Crippen molar-refractivity contribution in [1.82, 2.24) is 0 Å². The largest absolute Gasteiger partial charge is 0.478 e. The molecule has 0 heterocycles. The van der Waals surface area contributed by atoms with Crippen molar-refractivity contribution in [3.05, 3.63) is 70.8 Å². The number of rotatable bonds is 9. The number of carboxylic acid groups (broad SMARTS) is 2. The predicted molar refractivity (Wildman–Crippen MR) is 92.7 cm³/mol. The Morgan fingerprint density at radius 1 is 0.625 bits per heavy atom. The van der Waals surface area contributed by atoms with Crippen LogP contribution in [0, 0.1) is 0 Å². The molecule has 0 atom stereocenters. The number of aromatic carboxylic acids is 2. The van der Waals surface area contributed by atoms with E-state index in [1.54, 1.807) is 24.3 Å². The summed E-state index contributed by atoms with van der Waals surface area (Å²) in [6.07, 6.45) is 5.39. The maximum atomic E-state index is 11.2. The molecule has 2 aromatic carbocycles. The van der Waals surface area contributed by atoms with Gasteiger partial charge in [-0.15, -0.1) is 0 Å². The Bertz CT molecular complexity index is 645. The molecule has 0 saturated heterocycles. The zero-order valence-corrected chi connectivity index (χ0v) is 13.6. The second-order valence-electron chi connectivity index (χ2n) is 5.84. The van der Waals surface area contributed by atoms with E-state index >= 15 is 0 Å². The van der Waals surface area contributed by atoms with Gasteiger partial charge in [-0.3, -0.25) is 0 Å². The minimum absolute atomic E-state index is 0.382. The minimum atomic E-state index is -0.879. The van der Waals surface area contributed by atoms with E-state index < -0.39 is 11.9 Å². The van der Waals surface area contributed by atoms with Gasteiger partial charge in [-0.25, -0.2) is 9.59 Å². The van der Waals surface area contributed by atoms with Crippen molar-refractivity contribution < 1.29 is 19.8 Å². The molecule has 0 saturated carbocycles. The first-order chi connectivity index (χ1) is 11.6. The Labute approximate surface area is 141 Å². The quantitative estimate of drug-likeness (QED) is 0.669. The van der Waals surface area contributed by atoms with Gasteiger partial charge in [0.05, 0.1) is 11.1 Å². The van der Waals surface area contributed by atoms with Gasteiger partial charge in [-0.1, -0.05) is 49.2 Å². The fraction of sp³-hybridized carbons (Fsp3) is 0.300. The summed E-state index contributed by atoms with van der Waals surface area (Å²) in [4.78, 5) is 22.3. The minimum Gasteiger partial charge on any atom is -0.478 e. The summed E-state index contributed by atoms with van der Waals surface area (Å²) in [6, 6.07) is 14.2. The lowest BCUT2D eigenvalue weighted by Gasteiger charge is -2.07. The second kappa shape index (κ2) is 8.87. The van der Waals surface area contributed by atoms with Crippen LogP contribution < -0.4 is 0 Å². The highest BCUT2D eigenvalue weighted by Gasteiger charge is 2.09. The molecule has 24 heavy (non-hydrogen) atoms. The van der Waals surface area contributed by atoms with Gasteiger partial charge in [-0.05, 0) is 48.9 Å². The predicted octanol–water partition coefficient (Wildman–Crippen LogP) is 4.43. The zero-order valence-electron chi connectivity index (χ0n) is 13.6. The van der Waals surface area contributed by atoms with Crippen LogP contribution in [0.1, 0.15) is 57.5 Å². The van der Waals surface area contributed by atoms with Gasteiger partial charge in [0.25, 0.3) is 0 Å². The summed E-state index contributed by atoms with van der Waals surface area (Å²) in [5.41, 5.74) is 2.52. The van der Waals surface area contributed by atoms with Crippen LogP contribution in [0.2, 0.25) is 0 Å². The molecule has 0 fully saturated rings. The molecule has 2 aromatic rings. The van der Waals surface area contributed by atoms with E-state index in [-0.39, 0.29) is 0 Å². The fourth-order valence-electron chi connectivity index (χ4n) is 2.88. The van der Waals surface area contributed by atoms with Crippen LogP contribution in [-0.4, -0.2) is 22.2 Å². The van der Waals surface area contributed by atoms with E-state index in [9.17, 15) is 9.59 Å². The molecule has 0 aromatic heterocycles. The number of unbranched alkanes of at least 4 members (excludes halogenated alkanes) is 3. The van der Waals surface area contributed by atoms with Crippen molar-refractivity contribution in [2.24, 2.45) is 0 Å². The van der Waals surface area contributed by atoms with E-state index in [2.05, 4.69) is 0 Å². The molecular formula is C20H22O4. The van der Waals surface area contributed by atoms with Crippen LogP contribution in [0.15, 0.2) is 48.5 Å². The molecule has 0 radical (unpaired) electrons. The van der Waals surface area contributed by atoms with Crippen molar-refractivity contribution in [2.45, 2.75) is 38.5 Å². The number of carbonyl (C=O) groups is 2. The molecule has 0 bridgehead atoms. The van der Waals surface area contributed by atoms with Gasteiger partial charge < -0.3 is 10.2 Å². The molecule has 2 rings (SSSR count). The third-order valence-corrected chi connectivity index (χ3v) is 4.14. The summed E-state index contributed by atoms with van der Waals surface area (Å²) in [5, 5.41) is 18.3. The lowest BCUT2D eigenvalue weighted by atomic mass is 9.98. The van der Waals surface area contributed by atoms with Gasteiger partial charge in [0, 0.05) is 0 Å². The summed E-state index contributed by atoms with van der Waals surface area (Å²) in [5.74, 6) is -1.76. The first-order valence-electron chi connectivity index (χ1n) is 8.22. The average Bonchev–Trinajstić information content (AvgIpc) is 2.58. The van der Waals surface area contributed by atoms with Gasteiger partial charge >= 0.3 is 11.9 Å². The van der Waals surface area contributed by atoms with Crippen molar-refractivity contribution in [2.75, 3.05) is 0 Å². The van der Waals surface area contributed by atoms with Gasteiger partial charge in [0.2, 0.25) is 0 Å². The maximum absolute atomic E-state index is 11.2. The Morgan fingerprint density at radius 2 is 1.00 bits per heavy atom. The zero-order chi connectivity index (χ0) is 17.4. The SMILES string of the molecule is O=C(O)c1ccccc1CCCCCCc1ccccc1C(=O)O. The molecule has 0 aliphatic rings. The van der Waals surface area contributed by atoms with Gasteiger partial charge in [0.15, 0.2) is 0 Å². The maximum Gasteiger partial charge on any atom is 0.335 e. The molecule has 0 aliphatic carbocycles. The smallest absolute Gasteiger partial charge is 0.335 e. The third kappa shape index (κ3) is 4.95. The fourth-order valence-corrected chi connectivity index (χ4v) is 2.88. The Morgan fingerprint density at radius 3 is 1.38 bits per heavy atom. The monoisotopic (exact) mass is 326 g/mol. The lowest BCUT2D eigenvalue weighted by molar-refractivity contribution is 0.0684. The van der Waals surface area contributed by atoms with Crippen LogP contribution in [0.25, 0.3) is 0 Å². The molecule has 4 heteroatoms. The van der Waals surface area contributed by atoms with E-state index in [0.29, 0.717) is 11.1 Å². The van der Waals surface area contributed by atoms with Crippen LogP contribution in [0.5, 0.6) is 0 Å². The molecule has 0 spiro atoms. The highest BCUT2D eigenvalue weighted by molar-refractivity contribution is 5.89. The van der Waals surface area contributed by atoms with Crippen molar-refractivity contribution in [1.29, 1.82) is 0 Å². The van der Waals surface area contributed by atoms with Crippen molar-refractivity contribution >= 4 is 11.9 Å². The van der Waals surface area contributed by atoms with Crippen LogP contribution in [0.3, 0.4) is 0 Å².